The lowest BCUT2D eigenvalue weighted by Crippen LogP contribution is -2.23. The van der Waals surface area contributed by atoms with E-state index in [2.05, 4.69) is 30.7 Å². The molecule has 0 bridgehead atoms. The molecule has 3 nitrogen and oxygen atoms in total. The Morgan fingerprint density at radius 1 is 1.26 bits per heavy atom. The zero-order valence-corrected chi connectivity index (χ0v) is 11.5. The molecule has 19 heavy (non-hydrogen) atoms. The van der Waals surface area contributed by atoms with Gasteiger partial charge in [0.2, 0.25) is 0 Å². The second-order valence-electron chi connectivity index (χ2n) is 4.49. The van der Waals surface area contributed by atoms with E-state index in [1.54, 1.807) is 6.08 Å². The van der Waals surface area contributed by atoms with Crippen LogP contribution in [0.2, 0.25) is 0 Å². The summed E-state index contributed by atoms with van der Waals surface area (Å²) < 4.78 is 0. The number of carbonyl (C=O) groups excluding carboxylic acids is 1. The lowest BCUT2D eigenvalue weighted by molar-refractivity contribution is 0.0958. The van der Waals surface area contributed by atoms with Crippen LogP contribution in [0.1, 0.15) is 30.1 Å². The number of rotatable bonds is 8. The second kappa shape index (κ2) is 8.14. The molecule has 0 saturated heterocycles. The number of hydrogen-bond acceptors (Lipinski definition) is 2. The van der Waals surface area contributed by atoms with Crippen molar-refractivity contribution in [3.63, 3.8) is 0 Å². The molecule has 1 aromatic rings. The van der Waals surface area contributed by atoms with E-state index in [0.29, 0.717) is 18.2 Å². The average Bonchev–Trinajstić information content (AvgIpc) is 2.43. The van der Waals surface area contributed by atoms with Crippen LogP contribution in [-0.4, -0.2) is 18.5 Å². The lowest BCUT2D eigenvalue weighted by Gasteiger charge is -2.14. The summed E-state index contributed by atoms with van der Waals surface area (Å²) in [6.07, 6.45) is 5.63. The molecule has 102 valence electrons. The number of hydrogen-bond donors (Lipinski definition) is 2. The zero-order valence-electron chi connectivity index (χ0n) is 11.5. The maximum atomic E-state index is 11.7. The molecular formula is C16H22N2O. The smallest absolute Gasteiger partial charge is 0.251 e. The van der Waals surface area contributed by atoms with Crippen LogP contribution in [0.4, 0.5) is 5.69 Å². The van der Waals surface area contributed by atoms with Gasteiger partial charge in [-0.05, 0) is 44.0 Å². The van der Waals surface area contributed by atoms with Gasteiger partial charge in [0, 0.05) is 23.8 Å². The number of amides is 1. The first-order valence-electron chi connectivity index (χ1n) is 6.54. The van der Waals surface area contributed by atoms with E-state index in [1.165, 1.54) is 0 Å². The predicted octanol–water partition coefficient (Wildman–Crippen LogP) is 3.37. The van der Waals surface area contributed by atoms with Gasteiger partial charge < -0.3 is 10.6 Å². The Hall–Kier alpha value is -2.03. The van der Waals surface area contributed by atoms with Crippen LogP contribution in [-0.2, 0) is 0 Å². The highest BCUT2D eigenvalue weighted by Crippen LogP contribution is 2.12. The van der Waals surface area contributed by atoms with Gasteiger partial charge in [0.1, 0.15) is 0 Å². The highest BCUT2D eigenvalue weighted by atomic mass is 16.1. The number of allylic oxidation sites excluding steroid dienone is 1. The molecule has 1 aromatic carbocycles. The standard InChI is InChI=1S/C16H22N2O/c1-4-6-7-13(3)18-15-10-8-14(9-11-15)16(19)17-12-5-2/h4-5,8-11,13,18H,1-2,6-7,12H2,3H3,(H,17,19). The summed E-state index contributed by atoms with van der Waals surface area (Å²) in [6.45, 7) is 9.90. The zero-order chi connectivity index (χ0) is 14.1. The molecule has 1 rings (SSSR count). The minimum Gasteiger partial charge on any atom is -0.383 e. The summed E-state index contributed by atoms with van der Waals surface area (Å²) >= 11 is 0. The highest BCUT2D eigenvalue weighted by molar-refractivity contribution is 5.94. The molecule has 3 heteroatoms. The van der Waals surface area contributed by atoms with Crippen LogP contribution in [0, 0.1) is 0 Å². The van der Waals surface area contributed by atoms with Gasteiger partial charge in [-0.2, -0.15) is 0 Å². The summed E-state index contributed by atoms with van der Waals surface area (Å²) in [5.74, 6) is -0.0776. The molecule has 0 saturated carbocycles. The summed E-state index contributed by atoms with van der Waals surface area (Å²) in [6, 6.07) is 7.88. The van der Waals surface area contributed by atoms with Crippen molar-refractivity contribution < 1.29 is 4.79 Å². The van der Waals surface area contributed by atoms with E-state index >= 15 is 0 Å². The minimum atomic E-state index is -0.0776. The third-order valence-corrected chi connectivity index (χ3v) is 2.77. The Morgan fingerprint density at radius 2 is 1.95 bits per heavy atom. The van der Waals surface area contributed by atoms with Gasteiger partial charge in [-0.25, -0.2) is 0 Å². The Bertz CT molecular complexity index is 423. The fourth-order valence-electron chi connectivity index (χ4n) is 1.71. The van der Waals surface area contributed by atoms with Crippen LogP contribution in [0.5, 0.6) is 0 Å². The van der Waals surface area contributed by atoms with E-state index < -0.39 is 0 Å². The number of carbonyl (C=O) groups is 1. The quantitative estimate of drug-likeness (QED) is 0.702. The molecule has 0 spiro atoms. The first-order valence-corrected chi connectivity index (χ1v) is 6.54. The monoisotopic (exact) mass is 258 g/mol. The van der Waals surface area contributed by atoms with Crippen LogP contribution in [0.15, 0.2) is 49.6 Å². The molecule has 1 atom stereocenters. The normalized spacial score (nSPS) is 11.4. The molecule has 0 aromatic heterocycles. The molecule has 0 aliphatic heterocycles. The van der Waals surface area contributed by atoms with Crippen molar-refractivity contribution in [2.45, 2.75) is 25.8 Å². The van der Waals surface area contributed by atoms with Gasteiger partial charge in [0.05, 0.1) is 0 Å². The summed E-state index contributed by atoms with van der Waals surface area (Å²) in [7, 11) is 0. The first kappa shape index (κ1) is 15.0. The Balaban J connectivity index is 2.53. The van der Waals surface area contributed by atoms with E-state index in [9.17, 15) is 4.79 Å². The largest absolute Gasteiger partial charge is 0.383 e. The molecule has 0 aliphatic carbocycles. The van der Waals surface area contributed by atoms with Crippen LogP contribution >= 0.6 is 0 Å². The van der Waals surface area contributed by atoms with E-state index in [4.69, 9.17) is 0 Å². The Labute approximate surface area is 115 Å². The SMILES string of the molecule is C=CCCC(C)Nc1ccc(C(=O)NCC=C)cc1. The maximum absolute atomic E-state index is 11.7. The first-order chi connectivity index (χ1) is 9.17. The fourth-order valence-corrected chi connectivity index (χ4v) is 1.71. The maximum Gasteiger partial charge on any atom is 0.251 e. The van der Waals surface area contributed by atoms with Gasteiger partial charge in [0.15, 0.2) is 0 Å². The van der Waals surface area contributed by atoms with Gasteiger partial charge in [-0.1, -0.05) is 12.2 Å². The molecule has 1 amide bonds. The molecular weight excluding hydrogens is 236 g/mol. The van der Waals surface area contributed by atoms with Crippen molar-refractivity contribution >= 4 is 11.6 Å². The second-order valence-corrected chi connectivity index (χ2v) is 4.49. The summed E-state index contributed by atoms with van der Waals surface area (Å²) in [5, 5.41) is 6.14. The number of benzene rings is 1. The molecule has 0 fully saturated rings. The minimum absolute atomic E-state index is 0.0776. The average molecular weight is 258 g/mol. The van der Waals surface area contributed by atoms with E-state index in [-0.39, 0.29) is 5.91 Å². The lowest BCUT2D eigenvalue weighted by atomic mass is 10.1. The van der Waals surface area contributed by atoms with E-state index in [0.717, 1.165) is 18.5 Å². The summed E-state index contributed by atoms with van der Waals surface area (Å²) in [5.41, 5.74) is 1.68. The van der Waals surface area contributed by atoms with Crippen molar-refractivity contribution in [1.82, 2.24) is 5.32 Å². The Kier molecular flexibility index (Phi) is 6.44. The van der Waals surface area contributed by atoms with Gasteiger partial charge in [0.25, 0.3) is 5.91 Å². The van der Waals surface area contributed by atoms with Crippen LogP contribution < -0.4 is 10.6 Å². The molecule has 0 aliphatic rings. The Morgan fingerprint density at radius 3 is 2.53 bits per heavy atom. The van der Waals surface area contributed by atoms with E-state index in [1.807, 2.05) is 30.3 Å². The fraction of sp³-hybridized carbons (Fsp3) is 0.312. The molecule has 0 heterocycles. The topological polar surface area (TPSA) is 41.1 Å². The molecule has 2 N–H and O–H groups in total. The molecule has 1 unspecified atom stereocenters. The van der Waals surface area contributed by atoms with Crippen molar-refractivity contribution in [2.24, 2.45) is 0 Å². The van der Waals surface area contributed by atoms with Crippen molar-refractivity contribution in [1.29, 1.82) is 0 Å². The van der Waals surface area contributed by atoms with Crippen molar-refractivity contribution in [3.8, 4) is 0 Å². The third kappa shape index (κ3) is 5.42. The van der Waals surface area contributed by atoms with Gasteiger partial charge in [-0.3, -0.25) is 4.79 Å². The van der Waals surface area contributed by atoms with Gasteiger partial charge in [-0.15, -0.1) is 13.2 Å². The number of nitrogens with one attached hydrogen (secondary N) is 2. The van der Waals surface area contributed by atoms with Crippen molar-refractivity contribution in [3.05, 3.63) is 55.1 Å². The van der Waals surface area contributed by atoms with Crippen LogP contribution in [0.3, 0.4) is 0 Å². The number of anilines is 1. The predicted molar refractivity (Wildman–Crippen MR) is 81.5 cm³/mol. The summed E-state index contributed by atoms with van der Waals surface area (Å²) in [4.78, 5) is 11.7. The third-order valence-electron chi connectivity index (χ3n) is 2.77. The molecule has 0 radical (unpaired) electrons. The van der Waals surface area contributed by atoms with Crippen molar-refractivity contribution in [2.75, 3.05) is 11.9 Å². The van der Waals surface area contributed by atoms with Gasteiger partial charge >= 0.3 is 0 Å². The highest BCUT2D eigenvalue weighted by Gasteiger charge is 2.05. The van der Waals surface area contributed by atoms with Crippen LogP contribution in [0.25, 0.3) is 0 Å².